The molecule has 20 heavy (non-hydrogen) atoms. The van der Waals surface area contributed by atoms with Crippen molar-refractivity contribution in [1.29, 1.82) is 0 Å². The van der Waals surface area contributed by atoms with E-state index >= 15 is 0 Å². The lowest BCUT2D eigenvalue weighted by Crippen LogP contribution is -2.12. The van der Waals surface area contributed by atoms with Crippen LogP contribution in [-0.4, -0.2) is 5.91 Å². The molecule has 2 aromatic rings. The van der Waals surface area contributed by atoms with Gasteiger partial charge in [0.2, 0.25) is 0 Å². The van der Waals surface area contributed by atoms with E-state index in [2.05, 4.69) is 37.2 Å². The first kappa shape index (κ1) is 15.6. The van der Waals surface area contributed by atoms with E-state index < -0.39 is 0 Å². The van der Waals surface area contributed by atoms with Gasteiger partial charge in [0.25, 0.3) is 5.91 Å². The zero-order valence-electron chi connectivity index (χ0n) is 9.88. The van der Waals surface area contributed by atoms with Gasteiger partial charge in [-0.25, -0.2) is 0 Å². The third-order valence-corrected chi connectivity index (χ3v) is 4.33. The van der Waals surface area contributed by atoms with Crippen LogP contribution in [0.5, 0.6) is 0 Å². The zero-order chi connectivity index (χ0) is 14.9. The Kier molecular flexibility index (Phi) is 4.96. The number of nitrogen functional groups attached to an aromatic ring is 1. The van der Waals surface area contributed by atoms with E-state index in [1.54, 1.807) is 6.07 Å². The molecule has 0 aliphatic rings. The molecule has 0 saturated heterocycles. The van der Waals surface area contributed by atoms with E-state index in [0.29, 0.717) is 11.3 Å². The van der Waals surface area contributed by atoms with Crippen LogP contribution in [0.4, 0.5) is 11.4 Å². The van der Waals surface area contributed by atoms with Gasteiger partial charge in [0.05, 0.1) is 21.4 Å². The normalized spacial score (nSPS) is 10.4. The lowest BCUT2D eigenvalue weighted by atomic mass is 10.2. The van der Waals surface area contributed by atoms with Crippen molar-refractivity contribution >= 4 is 72.3 Å². The van der Waals surface area contributed by atoms with Crippen LogP contribution in [0.25, 0.3) is 0 Å². The fourth-order valence-corrected chi connectivity index (χ4v) is 2.70. The number of hydrogen-bond acceptors (Lipinski definition) is 2. The molecular weight excluding hydrogens is 431 g/mol. The predicted octanol–water partition coefficient (Wildman–Crippen LogP) is 5.35. The Labute approximate surface area is 142 Å². The summed E-state index contributed by atoms with van der Waals surface area (Å²) in [5.41, 5.74) is 6.86. The first-order chi connectivity index (χ1) is 9.38. The van der Waals surface area contributed by atoms with Gasteiger partial charge in [0.15, 0.2) is 0 Å². The summed E-state index contributed by atoms with van der Waals surface area (Å²) in [6.45, 7) is 0. The zero-order valence-corrected chi connectivity index (χ0v) is 14.6. The smallest absolute Gasteiger partial charge is 0.255 e. The molecule has 0 saturated carbocycles. The standard InChI is InChI=1S/C13H8Br2Cl2N2O/c14-7-1-2-8(15)11(5-7)19-13(20)6-3-9(16)12(18)10(17)4-6/h1-5H,18H2,(H,19,20). The summed E-state index contributed by atoms with van der Waals surface area (Å²) in [4.78, 5) is 12.2. The molecule has 0 unspecified atom stereocenters. The molecular formula is C13H8Br2Cl2N2O. The summed E-state index contributed by atoms with van der Waals surface area (Å²) in [6, 6.07) is 8.41. The fourth-order valence-electron chi connectivity index (χ4n) is 1.50. The predicted molar refractivity (Wildman–Crippen MR) is 90.7 cm³/mol. The molecule has 0 aliphatic carbocycles. The minimum atomic E-state index is -0.326. The number of anilines is 2. The van der Waals surface area contributed by atoms with E-state index in [4.69, 9.17) is 28.9 Å². The molecule has 2 rings (SSSR count). The Bertz CT molecular complexity index is 669. The maximum atomic E-state index is 12.2. The van der Waals surface area contributed by atoms with Crippen LogP contribution < -0.4 is 11.1 Å². The number of nitrogens with two attached hydrogens (primary N) is 1. The van der Waals surface area contributed by atoms with Crippen LogP contribution >= 0.6 is 55.1 Å². The number of hydrogen-bond donors (Lipinski definition) is 2. The Morgan fingerprint density at radius 1 is 1.10 bits per heavy atom. The summed E-state index contributed by atoms with van der Waals surface area (Å²) in [5, 5.41) is 3.26. The number of nitrogens with one attached hydrogen (secondary N) is 1. The van der Waals surface area contributed by atoms with Gasteiger partial charge >= 0.3 is 0 Å². The van der Waals surface area contributed by atoms with E-state index in [-0.39, 0.29) is 21.6 Å². The summed E-state index contributed by atoms with van der Waals surface area (Å²) in [7, 11) is 0. The number of rotatable bonds is 2. The molecule has 7 heteroatoms. The number of amides is 1. The third-order valence-electron chi connectivity index (χ3n) is 2.52. The van der Waals surface area contributed by atoms with E-state index in [1.165, 1.54) is 12.1 Å². The van der Waals surface area contributed by atoms with Gasteiger partial charge in [-0.2, -0.15) is 0 Å². The van der Waals surface area contributed by atoms with Crippen LogP contribution in [-0.2, 0) is 0 Å². The maximum absolute atomic E-state index is 12.2. The molecule has 104 valence electrons. The van der Waals surface area contributed by atoms with Gasteiger partial charge in [0.1, 0.15) is 0 Å². The lowest BCUT2D eigenvalue weighted by Gasteiger charge is -2.09. The minimum absolute atomic E-state index is 0.246. The van der Waals surface area contributed by atoms with Crippen molar-refractivity contribution in [2.45, 2.75) is 0 Å². The average molecular weight is 439 g/mol. The van der Waals surface area contributed by atoms with Crippen molar-refractivity contribution in [2.24, 2.45) is 0 Å². The van der Waals surface area contributed by atoms with Crippen molar-refractivity contribution in [3.8, 4) is 0 Å². The van der Waals surface area contributed by atoms with Gasteiger partial charge in [-0.1, -0.05) is 39.1 Å². The van der Waals surface area contributed by atoms with Crippen LogP contribution in [0.1, 0.15) is 10.4 Å². The highest BCUT2D eigenvalue weighted by molar-refractivity contribution is 9.11. The number of carbonyl (C=O) groups excluding carboxylic acids is 1. The van der Waals surface area contributed by atoms with E-state index in [1.807, 2.05) is 12.1 Å². The quantitative estimate of drug-likeness (QED) is 0.621. The van der Waals surface area contributed by atoms with Crippen molar-refractivity contribution in [1.82, 2.24) is 0 Å². The molecule has 0 bridgehead atoms. The molecule has 1 amide bonds. The SMILES string of the molecule is Nc1c(Cl)cc(C(=O)Nc2cc(Br)ccc2Br)cc1Cl. The lowest BCUT2D eigenvalue weighted by molar-refractivity contribution is 0.102. The summed E-state index contributed by atoms with van der Waals surface area (Å²) in [6.07, 6.45) is 0. The second kappa shape index (κ2) is 6.35. The molecule has 0 aromatic heterocycles. The monoisotopic (exact) mass is 436 g/mol. The molecule has 0 heterocycles. The number of benzene rings is 2. The topological polar surface area (TPSA) is 55.1 Å². The van der Waals surface area contributed by atoms with Crippen LogP contribution in [0.15, 0.2) is 39.3 Å². The third kappa shape index (κ3) is 3.47. The van der Waals surface area contributed by atoms with Gasteiger partial charge in [-0.15, -0.1) is 0 Å². The average Bonchev–Trinajstić information content (AvgIpc) is 2.39. The molecule has 3 nitrogen and oxygen atoms in total. The van der Waals surface area contributed by atoms with E-state index in [9.17, 15) is 4.79 Å². The van der Waals surface area contributed by atoms with Gasteiger partial charge in [-0.05, 0) is 46.3 Å². The Morgan fingerprint density at radius 3 is 2.30 bits per heavy atom. The first-order valence-corrected chi connectivity index (χ1v) is 7.73. The van der Waals surface area contributed by atoms with Gasteiger partial charge in [-0.3, -0.25) is 4.79 Å². The fraction of sp³-hybridized carbons (Fsp3) is 0. The summed E-state index contributed by atoms with van der Waals surface area (Å²) < 4.78 is 1.62. The van der Waals surface area contributed by atoms with E-state index in [0.717, 1.165) is 8.95 Å². The molecule has 0 fully saturated rings. The van der Waals surface area contributed by atoms with Crippen molar-refractivity contribution in [3.63, 3.8) is 0 Å². The summed E-state index contributed by atoms with van der Waals surface area (Å²) >= 11 is 18.5. The molecule has 0 spiro atoms. The maximum Gasteiger partial charge on any atom is 0.255 e. The Morgan fingerprint density at radius 2 is 1.70 bits per heavy atom. The van der Waals surface area contributed by atoms with Gasteiger partial charge < -0.3 is 11.1 Å². The Hall–Kier alpha value is -0.750. The van der Waals surface area contributed by atoms with Crippen LogP contribution in [0.2, 0.25) is 10.0 Å². The highest BCUT2D eigenvalue weighted by Gasteiger charge is 2.13. The highest BCUT2D eigenvalue weighted by Crippen LogP contribution is 2.30. The molecule has 3 N–H and O–H groups in total. The summed E-state index contributed by atoms with van der Waals surface area (Å²) in [5.74, 6) is -0.326. The van der Waals surface area contributed by atoms with Crippen LogP contribution in [0, 0.1) is 0 Å². The highest BCUT2D eigenvalue weighted by atomic mass is 79.9. The molecule has 0 atom stereocenters. The van der Waals surface area contributed by atoms with Crippen molar-refractivity contribution in [2.75, 3.05) is 11.1 Å². The second-order valence-electron chi connectivity index (χ2n) is 3.93. The minimum Gasteiger partial charge on any atom is -0.396 e. The van der Waals surface area contributed by atoms with Gasteiger partial charge in [0, 0.05) is 14.5 Å². The Balaban J connectivity index is 2.31. The molecule has 0 aliphatic heterocycles. The van der Waals surface area contributed by atoms with Crippen molar-refractivity contribution in [3.05, 3.63) is 54.9 Å². The second-order valence-corrected chi connectivity index (χ2v) is 6.52. The number of halogens is 4. The number of carbonyl (C=O) groups is 1. The van der Waals surface area contributed by atoms with Crippen LogP contribution in [0.3, 0.4) is 0 Å². The molecule has 0 radical (unpaired) electrons. The molecule has 2 aromatic carbocycles. The first-order valence-electron chi connectivity index (χ1n) is 5.39. The largest absolute Gasteiger partial charge is 0.396 e. The van der Waals surface area contributed by atoms with Crippen molar-refractivity contribution < 1.29 is 4.79 Å².